The van der Waals surface area contributed by atoms with Gasteiger partial charge in [0.05, 0.1) is 12.7 Å². The fourth-order valence-electron chi connectivity index (χ4n) is 2.93. The van der Waals surface area contributed by atoms with E-state index < -0.39 is 6.04 Å². The van der Waals surface area contributed by atoms with E-state index in [1.807, 2.05) is 38.2 Å². The average Bonchev–Trinajstić information content (AvgIpc) is 2.75. The molecule has 0 aliphatic carbocycles. The molecule has 0 aliphatic rings. The van der Waals surface area contributed by atoms with Crippen molar-refractivity contribution in [2.24, 2.45) is 5.92 Å². The quantitative estimate of drug-likeness (QED) is 0.439. The third-order valence-corrected chi connectivity index (χ3v) is 4.37. The Bertz CT molecular complexity index is 862. The Morgan fingerprint density at radius 3 is 2.77 bits per heavy atom. The van der Waals surface area contributed by atoms with E-state index in [0.717, 1.165) is 18.4 Å². The van der Waals surface area contributed by atoms with E-state index in [4.69, 9.17) is 10.00 Å². The minimum absolute atomic E-state index is 0.0916. The molecule has 0 saturated heterocycles. The first-order chi connectivity index (χ1) is 14.5. The molecule has 0 radical (unpaired) electrons. The summed E-state index contributed by atoms with van der Waals surface area (Å²) < 4.78 is 5.77. The van der Waals surface area contributed by atoms with Gasteiger partial charge in [-0.05, 0) is 55.0 Å². The second-order valence-corrected chi connectivity index (χ2v) is 7.37. The van der Waals surface area contributed by atoms with Crippen LogP contribution in [0.25, 0.3) is 0 Å². The molecule has 1 atom stereocenters. The van der Waals surface area contributed by atoms with Gasteiger partial charge in [0, 0.05) is 18.0 Å². The molecule has 7 heteroatoms. The maximum atomic E-state index is 12.7. The first-order valence-corrected chi connectivity index (χ1v) is 10.1. The fourth-order valence-corrected chi connectivity index (χ4v) is 2.93. The third kappa shape index (κ3) is 7.92. The molecule has 1 aromatic carbocycles. The second kappa shape index (κ2) is 12.2. The van der Waals surface area contributed by atoms with Crippen molar-refractivity contribution in [3.63, 3.8) is 0 Å². The summed E-state index contributed by atoms with van der Waals surface area (Å²) in [7, 11) is 0. The standard InChI is InChI=1S/C23H28N4O3/c1-17(2)14-21(23(29)26-12-10-24)27-22(28)19-8-3-9-20(15-19)30-13-5-7-18-6-4-11-25-16-18/h3-4,6,8-9,11,15-17,21H,5,7,12-14H2,1-2H3,(H,26,29)(H,27,28). The Morgan fingerprint density at radius 2 is 2.07 bits per heavy atom. The van der Waals surface area contributed by atoms with Crippen LogP contribution in [-0.4, -0.2) is 36.0 Å². The van der Waals surface area contributed by atoms with Gasteiger partial charge in [-0.25, -0.2) is 0 Å². The molecule has 0 spiro atoms. The lowest BCUT2D eigenvalue weighted by Gasteiger charge is -2.19. The Kier molecular flexibility index (Phi) is 9.32. The van der Waals surface area contributed by atoms with Crippen molar-refractivity contribution in [2.45, 2.75) is 39.2 Å². The lowest BCUT2D eigenvalue weighted by molar-refractivity contribution is -0.123. The summed E-state index contributed by atoms with van der Waals surface area (Å²) in [5.41, 5.74) is 1.57. The van der Waals surface area contributed by atoms with Crippen molar-refractivity contribution in [1.82, 2.24) is 15.6 Å². The SMILES string of the molecule is CC(C)CC(NC(=O)c1cccc(OCCCc2cccnc2)c1)C(=O)NCC#N. The van der Waals surface area contributed by atoms with Crippen molar-refractivity contribution in [3.8, 4) is 11.8 Å². The van der Waals surface area contributed by atoms with E-state index >= 15 is 0 Å². The van der Waals surface area contributed by atoms with Gasteiger partial charge in [0.2, 0.25) is 5.91 Å². The van der Waals surface area contributed by atoms with Crippen LogP contribution >= 0.6 is 0 Å². The zero-order valence-corrected chi connectivity index (χ0v) is 17.4. The molecule has 7 nitrogen and oxygen atoms in total. The number of carbonyl (C=O) groups excluding carboxylic acids is 2. The Hall–Kier alpha value is -3.40. The van der Waals surface area contributed by atoms with E-state index in [-0.39, 0.29) is 24.3 Å². The molecule has 0 saturated carbocycles. The van der Waals surface area contributed by atoms with E-state index in [1.54, 1.807) is 30.5 Å². The molecule has 2 N–H and O–H groups in total. The van der Waals surface area contributed by atoms with Gasteiger partial charge >= 0.3 is 0 Å². The van der Waals surface area contributed by atoms with Gasteiger partial charge in [0.1, 0.15) is 18.3 Å². The van der Waals surface area contributed by atoms with E-state index in [2.05, 4.69) is 15.6 Å². The second-order valence-electron chi connectivity index (χ2n) is 7.37. The van der Waals surface area contributed by atoms with Crippen molar-refractivity contribution >= 4 is 11.8 Å². The van der Waals surface area contributed by atoms with Crippen molar-refractivity contribution < 1.29 is 14.3 Å². The van der Waals surface area contributed by atoms with Crippen molar-refractivity contribution in [3.05, 3.63) is 59.9 Å². The summed E-state index contributed by atoms with van der Waals surface area (Å²) in [4.78, 5) is 29.0. The monoisotopic (exact) mass is 408 g/mol. The predicted molar refractivity (Wildman–Crippen MR) is 114 cm³/mol. The maximum absolute atomic E-state index is 12.7. The number of ether oxygens (including phenoxy) is 1. The number of aryl methyl sites for hydroxylation is 1. The number of nitrogens with one attached hydrogen (secondary N) is 2. The molecule has 0 bridgehead atoms. The lowest BCUT2D eigenvalue weighted by Crippen LogP contribution is -2.47. The Balaban J connectivity index is 1.91. The number of rotatable bonds is 11. The molecular weight excluding hydrogens is 380 g/mol. The van der Waals surface area contributed by atoms with Crippen LogP contribution in [0.3, 0.4) is 0 Å². The summed E-state index contributed by atoms with van der Waals surface area (Å²) in [6.07, 6.45) is 5.76. The molecular formula is C23H28N4O3. The number of carbonyl (C=O) groups is 2. The molecule has 30 heavy (non-hydrogen) atoms. The highest BCUT2D eigenvalue weighted by Crippen LogP contribution is 2.15. The fraction of sp³-hybridized carbons (Fsp3) is 0.391. The van der Waals surface area contributed by atoms with Gasteiger partial charge in [0.15, 0.2) is 0 Å². The topological polar surface area (TPSA) is 104 Å². The van der Waals surface area contributed by atoms with Gasteiger partial charge in [-0.3, -0.25) is 14.6 Å². The van der Waals surface area contributed by atoms with Crippen LogP contribution in [0.15, 0.2) is 48.8 Å². The lowest BCUT2D eigenvalue weighted by atomic mass is 10.0. The van der Waals surface area contributed by atoms with Gasteiger partial charge in [-0.2, -0.15) is 5.26 Å². The van der Waals surface area contributed by atoms with Crippen LogP contribution in [0.2, 0.25) is 0 Å². The van der Waals surface area contributed by atoms with Gasteiger partial charge in [-0.15, -0.1) is 0 Å². The van der Waals surface area contributed by atoms with E-state index in [0.29, 0.717) is 24.3 Å². The molecule has 2 rings (SSSR count). The number of amides is 2. The third-order valence-electron chi connectivity index (χ3n) is 4.37. The number of hydrogen-bond acceptors (Lipinski definition) is 5. The first kappa shape index (κ1) is 22.9. The number of benzene rings is 1. The summed E-state index contributed by atoms with van der Waals surface area (Å²) in [5.74, 6) is 0.0933. The number of nitrogens with zero attached hydrogens (tertiary/aromatic N) is 2. The van der Waals surface area contributed by atoms with Crippen LogP contribution in [0.4, 0.5) is 0 Å². The normalized spacial score (nSPS) is 11.4. The van der Waals surface area contributed by atoms with Crippen LogP contribution in [0, 0.1) is 17.2 Å². The van der Waals surface area contributed by atoms with Crippen LogP contribution in [0.1, 0.15) is 42.6 Å². The van der Waals surface area contributed by atoms with Crippen LogP contribution in [0.5, 0.6) is 5.75 Å². The molecule has 0 fully saturated rings. The summed E-state index contributed by atoms with van der Waals surface area (Å²) in [6.45, 7) is 4.37. The first-order valence-electron chi connectivity index (χ1n) is 10.1. The largest absolute Gasteiger partial charge is 0.494 e. The summed E-state index contributed by atoms with van der Waals surface area (Å²) >= 11 is 0. The van der Waals surface area contributed by atoms with Gasteiger partial charge in [-0.1, -0.05) is 26.0 Å². The molecule has 158 valence electrons. The zero-order valence-electron chi connectivity index (χ0n) is 17.4. The number of aromatic nitrogens is 1. The van der Waals surface area contributed by atoms with E-state index in [9.17, 15) is 9.59 Å². The zero-order chi connectivity index (χ0) is 21.8. The molecule has 0 aliphatic heterocycles. The predicted octanol–water partition coefficient (Wildman–Crippen LogP) is 2.88. The summed E-state index contributed by atoms with van der Waals surface area (Å²) in [5, 5.41) is 13.9. The van der Waals surface area contributed by atoms with Crippen molar-refractivity contribution in [1.29, 1.82) is 5.26 Å². The van der Waals surface area contributed by atoms with Crippen molar-refractivity contribution in [2.75, 3.05) is 13.2 Å². The minimum Gasteiger partial charge on any atom is -0.494 e. The van der Waals surface area contributed by atoms with Gasteiger partial charge in [0.25, 0.3) is 5.91 Å². The molecule has 1 unspecified atom stereocenters. The minimum atomic E-state index is -0.699. The number of nitriles is 1. The number of pyridine rings is 1. The van der Waals surface area contributed by atoms with Crippen LogP contribution < -0.4 is 15.4 Å². The maximum Gasteiger partial charge on any atom is 0.252 e. The molecule has 2 amide bonds. The van der Waals surface area contributed by atoms with E-state index in [1.165, 1.54) is 0 Å². The smallest absolute Gasteiger partial charge is 0.252 e. The molecule has 1 heterocycles. The Labute approximate surface area is 177 Å². The number of hydrogen-bond donors (Lipinski definition) is 2. The molecule has 2 aromatic rings. The average molecular weight is 409 g/mol. The summed E-state index contributed by atoms with van der Waals surface area (Å²) in [6, 6.07) is 12.0. The van der Waals surface area contributed by atoms with Gasteiger partial charge < -0.3 is 15.4 Å². The van der Waals surface area contributed by atoms with Crippen LogP contribution in [-0.2, 0) is 11.2 Å². The highest BCUT2D eigenvalue weighted by molar-refractivity contribution is 5.97. The highest BCUT2D eigenvalue weighted by Gasteiger charge is 2.22. The highest BCUT2D eigenvalue weighted by atomic mass is 16.5. The molecule has 1 aromatic heterocycles. The Morgan fingerprint density at radius 1 is 1.23 bits per heavy atom.